The summed E-state index contributed by atoms with van der Waals surface area (Å²) in [6.45, 7) is 0.715. The lowest BCUT2D eigenvalue weighted by Crippen LogP contribution is -2.01. The van der Waals surface area contributed by atoms with Gasteiger partial charge in [-0.3, -0.25) is 0 Å². The number of hydrogen-bond acceptors (Lipinski definition) is 1. The summed E-state index contributed by atoms with van der Waals surface area (Å²) >= 11 is 9.59. The fourth-order valence-corrected chi connectivity index (χ4v) is 2.90. The van der Waals surface area contributed by atoms with Gasteiger partial charge < -0.3 is 10.3 Å². The molecule has 4 heteroatoms. The summed E-state index contributed by atoms with van der Waals surface area (Å²) in [4.78, 5) is 0. The average molecular weight is 336 g/mol. The number of rotatable bonds is 2. The lowest BCUT2D eigenvalue weighted by molar-refractivity contribution is 0.839. The molecular formula is C15H12BrClN2. The number of hydrogen-bond donors (Lipinski definition) is 1. The Morgan fingerprint density at radius 3 is 2.84 bits per heavy atom. The summed E-state index contributed by atoms with van der Waals surface area (Å²) in [6, 6.07) is 13.8. The predicted molar refractivity (Wildman–Crippen MR) is 84.6 cm³/mol. The number of anilines is 1. The molecule has 0 saturated carbocycles. The third kappa shape index (κ3) is 2.36. The van der Waals surface area contributed by atoms with E-state index in [4.69, 9.17) is 17.3 Å². The first-order chi connectivity index (χ1) is 9.15. The summed E-state index contributed by atoms with van der Waals surface area (Å²) in [5.41, 5.74) is 8.97. The van der Waals surface area contributed by atoms with Gasteiger partial charge in [-0.1, -0.05) is 33.6 Å². The molecule has 0 atom stereocenters. The van der Waals surface area contributed by atoms with Crippen molar-refractivity contribution in [2.24, 2.45) is 0 Å². The first kappa shape index (κ1) is 12.6. The van der Waals surface area contributed by atoms with Crippen LogP contribution in [-0.4, -0.2) is 4.57 Å². The van der Waals surface area contributed by atoms with Crippen LogP contribution in [-0.2, 0) is 6.54 Å². The summed E-state index contributed by atoms with van der Waals surface area (Å²) in [7, 11) is 0. The van der Waals surface area contributed by atoms with E-state index < -0.39 is 0 Å². The largest absolute Gasteiger partial charge is 0.398 e. The molecule has 0 bridgehead atoms. The van der Waals surface area contributed by atoms with E-state index in [1.165, 1.54) is 10.9 Å². The smallest absolute Gasteiger partial charge is 0.0497 e. The van der Waals surface area contributed by atoms with Crippen molar-refractivity contribution in [2.45, 2.75) is 6.54 Å². The van der Waals surface area contributed by atoms with Crippen molar-refractivity contribution in [3.05, 3.63) is 63.7 Å². The molecule has 2 aromatic carbocycles. The lowest BCUT2D eigenvalue weighted by atomic mass is 10.2. The van der Waals surface area contributed by atoms with Gasteiger partial charge in [0.2, 0.25) is 0 Å². The summed E-state index contributed by atoms with van der Waals surface area (Å²) in [5, 5.41) is 1.91. The molecule has 2 nitrogen and oxygen atoms in total. The van der Waals surface area contributed by atoms with Crippen molar-refractivity contribution in [1.29, 1.82) is 0 Å². The third-order valence-electron chi connectivity index (χ3n) is 3.21. The highest BCUT2D eigenvalue weighted by Crippen LogP contribution is 2.26. The molecule has 1 aromatic heterocycles. The van der Waals surface area contributed by atoms with Crippen LogP contribution in [0.1, 0.15) is 5.56 Å². The van der Waals surface area contributed by atoms with Gasteiger partial charge in [0.05, 0.1) is 0 Å². The van der Waals surface area contributed by atoms with E-state index in [0.29, 0.717) is 11.6 Å². The van der Waals surface area contributed by atoms with Crippen LogP contribution < -0.4 is 5.73 Å². The van der Waals surface area contributed by atoms with Crippen molar-refractivity contribution in [3.63, 3.8) is 0 Å². The summed E-state index contributed by atoms with van der Waals surface area (Å²) in [6.07, 6.45) is 2.07. The van der Waals surface area contributed by atoms with E-state index in [2.05, 4.69) is 38.8 Å². The van der Waals surface area contributed by atoms with E-state index in [1.807, 2.05) is 30.3 Å². The zero-order chi connectivity index (χ0) is 13.4. The minimum Gasteiger partial charge on any atom is -0.398 e. The molecule has 0 unspecified atom stereocenters. The third-order valence-corrected chi connectivity index (χ3v) is 4.13. The number of nitrogen functional groups attached to an aromatic ring is 1. The molecule has 0 radical (unpaired) electrons. The molecule has 0 amide bonds. The van der Waals surface area contributed by atoms with Crippen LogP contribution in [0.5, 0.6) is 0 Å². The second kappa shape index (κ2) is 4.91. The zero-order valence-corrected chi connectivity index (χ0v) is 12.4. The molecule has 96 valence electrons. The van der Waals surface area contributed by atoms with E-state index in [0.717, 1.165) is 15.7 Å². The van der Waals surface area contributed by atoms with Gasteiger partial charge in [-0.2, -0.15) is 0 Å². The van der Waals surface area contributed by atoms with Crippen LogP contribution in [0, 0.1) is 0 Å². The van der Waals surface area contributed by atoms with Crippen molar-refractivity contribution in [1.82, 2.24) is 4.57 Å². The van der Waals surface area contributed by atoms with Gasteiger partial charge in [-0.05, 0) is 42.0 Å². The molecule has 0 saturated heterocycles. The molecule has 0 aliphatic heterocycles. The second-order valence-electron chi connectivity index (χ2n) is 4.46. The van der Waals surface area contributed by atoms with Crippen LogP contribution in [0.15, 0.2) is 53.1 Å². The minimum absolute atomic E-state index is 0.710. The van der Waals surface area contributed by atoms with Crippen molar-refractivity contribution in [3.8, 4) is 0 Å². The number of fused-ring (bicyclic) bond motifs is 1. The van der Waals surface area contributed by atoms with E-state index >= 15 is 0 Å². The Labute approximate surface area is 124 Å². The fourth-order valence-electron chi connectivity index (χ4n) is 2.22. The van der Waals surface area contributed by atoms with Crippen molar-refractivity contribution in [2.75, 3.05) is 5.73 Å². The number of nitrogens with zero attached hydrogens (tertiary/aromatic N) is 1. The van der Waals surface area contributed by atoms with E-state index in [9.17, 15) is 0 Å². The predicted octanol–water partition coefficient (Wildman–Crippen LogP) is 4.69. The van der Waals surface area contributed by atoms with Gasteiger partial charge in [0, 0.05) is 38.8 Å². The average Bonchev–Trinajstić information content (AvgIpc) is 2.79. The van der Waals surface area contributed by atoms with Crippen LogP contribution in [0.3, 0.4) is 0 Å². The first-order valence-corrected chi connectivity index (χ1v) is 7.09. The van der Waals surface area contributed by atoms with Crippen LogP contribution in [0.2, 0.25) is 5.02 Å². The Hall–Kier alpha value is -1.45. The van der Waals surface area contributed by atoms with Crippen LogP contribution in [0.25, 0.3) is 10.9 Å². The van der Waals surface area contributed by atoms with E-state index in [-0.39, 0.29) is 0 Å². The molecule has 2 N–H and O–H groups in total. The van der Waals surface area contributed by atoms with Gasteiger partial charge >= 0.3 is 0 Å². The lowest BCUT2D eigenvalue weighted by Gasteiger charge is -2.09. The Bertz CT molecular complexity index is 749. The molecule has 1 heterocycles. The van der Waals surface area contributed by atoms with Crippen LogP contribution >= 0.6 is 27.5 Å². The molecule has 0 spiro atoms. The number of aromatic nitrogens is 1. The zero-order valence-electron chi connectivity index (χ0n) is 10.1. The standard InChI is InChI=1S/C15H12BrClN2/c16-13-2-1-3-15-12(13)6-7-19(15)9-10-8-11(17)4-5-14(10)18/h1-8H,9,18H2. The highest BCUT2D eigenvalue weighted by atomic mass is 79.9. The van der Waals surface area contributed by atoms with Crippen molar-refractivity contribution < 1.29 is 0 Å². The summed E-state index contributed by atoms with van der Waals surface area (Å²) in [5.74, 6) is 0. The topological polar surface area (TPSA) is 30.9 Å². The van der Waals surface area contributed by atoms with Gasteiger partial charge in [0.1, 0.15) is 0 Å². The number of nitrogens with two attached hydrogens (primary N) is 1. The number of halogens is 2. The van der Waals surface area contributed by atoms with Gasteiger partial charge in [-0.25, -0.2) is 0 Å². The summed E-state index contributed by atoms with van der Waals surface area (Å²) < 4.78 is 3.27. The molecule has 0 aliphatic carbocycles. The number of benzene rings is 2. The maximum absolute atomic E-state index is 6.03. The highest BCUT2D eigenvalue weighted by molar-refractivity contribution is 9.10. The normalized spacial score (nSPS) is 11.1. The quantitative estimate of drug-likeness (QED) is 0.677. The Morgan fingerprint density at radius 2 is 2.00 bits per heavy atom. The first-order valence-electron chi connectivity index (χ1n) is 5.92. The van der Waals surface area contributed by atoms with Crippen molar-refractivity contribution >= 4 is 44.1 Å². The monoisotopic (exact) mass is 334 g/mol. The second-order valence-corrected chi connectivity index (χ2v) is 5.75. The van der Waals surface area contributed by atoms with Gasteiger partial charge in [0.25, 0.3) is 0 Å². The molecule has 0 aliphatic rings. The highest BCUT2D eigenvalue weighted by Gasteiger charge is 2.06. The maximum Gasteiger partial charge on any atom is 0.0497 e. The molecular weight excluding hydrogens is 324 g/mol. The Balaban J connectivity index is 2.06. The van der Waals surface area contributed by atoms with Gasteiger partial charge in [0.15, 0.2) is 0 Å². The Morgan fingerprint density at radius 1 is 1.16 bits per heavy atom. The maximum atomic E-state index is 6.03. The molecule has 0 fully saturated rings. The minimum atomic E-state index is 0.710. The van der Waals surface area contributed by atoms with Gasteiger partial charge in [-0.15, -0.1) is 0 Å². The van der Waals surface area contributed by atoms with E-state index in [1.54, 1.807) is 0 Å². The SMILES string of the molecule is Nc1ccc(Cl)cc1Cn1ccc2c(Br)cccc21. The van der Waals surface area contributed by atoms with Crippen LogP contribution in [0.4, 0.5) is 5.69 Å². The fraction of sp³-hybridized carbons (Fsp3) is 0.0667. The molecule has 19 heavy (non-hydrogen) atoms. The molecule has 3 aromatic rings. The molecule has 3 rings (SSSR count). The Kier molecular flexibility index (Phi) is 3.25.